The number of carbonyl (C=O) groups is 1. The highest BCUT2D eigenvalue weighted by Gasteiger charge is 2.38. The van der Waals surface area contributed by atoms with Gasteiger partial charge in [-0.15, -0.1) is 10.2 Å². The molecule has 2 heterocycles. The van der Waals surface area contributed by atoms with E-state index in [0.717, 1.165) is 33.7 Å². The van der Waals surface area contributed by atoms with Crippen molar-refractivity contribution < 1.29 is 18.0 Å². The maximum absolute atomic E-state index is 12.8. The van der Waals surface area contributed by atoms with Crippen LogP contribution in [0.2, 0.25) is 0 Å². The van der Waals surface area contributed by atoms with Crippen molar-refractivity contribution in [3.63, 3.8) is 0 Å². The Morgan fingerprint density at radius 2 is 2.21 bits per heavy atom. The van der Waals surface area contributed by atoms with Gasteiger partial charge < -0.3 is 0 Å². The number of nitrogens with one attached hydrogen (secondary N) is 1. The quantitative estimate of drug-likeness (QED) is 0.617. The first-order chi connectivity index (χ1) is 11.4. The smallest absolute Gasteiger partial charge is 0.299 e. The number of anilines is 1. The highest BCUT2D eigenvalue weighted by atomic mass is 32.2. The standard InChI is InChI=1S/C13H14F3N5OS2/c1-2-23-12-19-18-11(24-12)17-10(22)6-21-8(7-3-4-7)5-9(20-21)13(14,15)16/h5,7H,2-4,6H2,1H3,(H,17,18,22). The summed E-state index contributed by atoms with van der Waals surface area (Å²) in [5.41, 5.74) is -0.508. The van der Waals surface area contributed by atoms with Gasteiger partial charge in [0.2, 0.25) is 11.0 Å². The third kappa shape index (κ3) is 4.07. The van der Waals surface area contributed by atoms with Crippen LogP contribution in [0.4, 0.5) is 18.3 Å². The third-order valence-corrected chi connectivity index (χ3v) is 5.17. The SMILES string of the molecule is CCSc1nnc(NC(=O)Cn2nc(C(F)(F)F)cc2C2CC2)s1. The van der Waals surface area contributed by atoms with Crippen molar-refractivity contribution in [3.8, 4) is 0 Å². The zero-order valence-corrected chi connectivity index (χ0v) is 14.3. The van der Waals surface area contributed by atoms with Gasteiger partial charge in [-0.1, -0.05) is 30.0 Å². The first-order valence-electron chi connectivity index (χ1n) is 7.28. The summed E-state index contributed by atoms with van der Waals surface area (Å²) < 4.78 is 40.4. The van der Waals surface area contributed by atoms with Gasteiger partial charge >= 0.3 is 6.18 Å². The lowest BCUT2D eigenvalue weighted by Crippen LogP contribution is -2.21. The second-order valence-corrected chi connectivity index (χ2v) is 7.73. The van der Waals surface area contributed by atoms with Gasteiger partial charge in [0.05, 0.1) is 0 Å². The average Bonchev–Trinajstić information content (AvgIpc) is 3.09. The molecule has 0 atom stereocenters. The molecule has 2 aromatic heterocycles. The normalized spacial score (nSPS) is 14.8. The Hall–Kier alpha value is -1.62. The van der Waals surface area contributed by atoms with Gasteiger partial charge in [0.1, 0.15) is 6.54 Å². The van der Waals surface area contributed by atoms with Gasteiger partial charge in [-0.3, -0.25) is 14.8 Å². The molecule has 1 N–H and O–H groups in total. The fraction of sp³-hybridized carbons (Fsp3) is 0.538. The molecule has 2 aromatic rings. The van der Waals surface area contributed by atoms with Gasteiger partial charge in [-0.05, 0) is 24.7 Å². The van der Waals surface area contributed by atoms with E-state index in [1.54, 1.807) is 0 Å². The monoisotopic (exact) mass is 377 g/mol. The average molecular weight is 377 g/mol. The summed E-state index contributed by atoms with van der Waals surface area (Å²) in [6.45, 7) is 1.69. The van der Waals surface area contributed by atoms with E-state index in [1.807, 2.05) is 6.92 Å². The summed E-state index contributed by atoms with van der Waals surface area (Å²) in [6, 6.07) is 1.03. The Labute approximate surface area is 143 Å². The van der Waals surface area contributed by atoms with Crippen LogP contribution >= 0.6 is 23.1 Å². The van der Waals surface area contributed by atoms with Gasteiger partial charge in [-0.2, -0.15) is 18.3 Å². The van der Waals surface area contributed by atoms with Crippen molar-refractivity contribution in [1.29, 1.82) is 0 Å². The fourth-order valence-corrected chi connectivity index (χ4v) is 3.81. The lowest BCUT2D eigenvalue weighted by atomic mass is 10.2. The molecule has 6 nitrogen and oxygen atoms in total. The molecule has 0 radical (unpaired) electrons. The predicted molar refractivity (Wildman–Crippen MR) is 84.1 cm³/mol. The van der Waals surface area contributed by atoms with E-state index in [2.05, 4.69) is 20.6 Å². The van der Waals surface area contributed by atoms with Crippen molar-refractivity contribution in [3.05, 3.63) is 17.5 Å². The molecule has 11 heteroatoms. The maximum atomic E-state index is 12.8. The zero-order valence-electron chi connectivity index (χ0n) is 12.6. The molecule has 0 spiro atoms. The second kappa shape index (κ2) is 6.71. The molecule has 1 aliphatic rings. The number of nitrogens with zero attached hydrogens (tertiary/aromatic N) is 4. The summed E-state index contributed by atoms with van der Waals surface area (Å²) >= 11 is 2.73. The van der Waals surface area contributed by atoms with Crippen LogP contribution in [0.3, 0.4) is 0 Å². The highest BCUT2D eigenvalue weighted by molar-refractivity contribution is 8.01. The minimum Gasteiger partial charge on any atom is -0.299 e. The number of alkyl halides is 3. The number of carbonyl (C=O) groups excluding carboxylic acids is 1. The molecule has 0 aromatic carbocycles. The topological polar surface area (TPSA) is 72.7 Å². The predicted octanol–water partition coefficient (Wildman–Crippen LogP) is 3.38. The second-order valence-electron chi connectivity index (χ2n) is 5.24. The summed E-state index contributed by atoms with van der Waals surface area (Å²) in [5.74, 6) is 0.411. The van der Waals surface area contributed by atoms with Crippen LogP contribution in [0.5, 0.6) is 0 Å². The van der Waals surface area contributed by atoms with Crippen molar-refractivity contribution in [1.82, 2.24) is 20.0 Å². The minimum atomic E-state index is -4.52. The van der Waals surface area contributed by atoms with Crippen LogP contribution < -0.4 is 5.32 Å². The maximum Gasteiger partial charge on any atom is 0.435 e. The van der Waals surface area contributed by atoms with Crippen LogP contribution in [-0.4, -0.2) is 31.6 Å². The first kappa shape index (κ1) is 17.2. The third-order valence-electron chi connectivity index (χ3n) is 3.31. The van der Waals surface area contributed by atoms with E-state index in [1.165, 1.54) is 23.1 Å². The summed E-state index contributed by atoms with van der Waals surface area (Å²) in [7, 11) is 0. The molecule has 130 valence electrons. The largest absolute Gasteiger partial charge is 0.435 e. The lowest BCUT2D eigenvalue weighted by Gasteiger charge is -2.06. The number of halogens is 3. The molecule has 24 heavy (non-hydrogen) atoms. The van der Waals surface area contributed by atoms with Crippen molar-refractivity contribution in [2.24, 2.45) is 0 Å². The van der Waals surface area contributed by atoms with Gasteiger partial charge in [0.25, 0.3) is 0 Å². The molecule has 1 amide bonds. The Morgan fingerprint density at radius 1 is 1.46 bits per heavy atom. The lowest BCUT2D eigenvalue weighted by molar-refractivity contribution is -0.141. The Balaban J connectivity index is 1.70. The number of hydrogen-bond acceptors (Lipinski definition) is 6. The van der Waals surface area contributed by atoms with E-state index in [4.69, 9.17) is 0 Å². The van der Waals surface area contributed by atoms with Crippen molar-refractivity contribution in [2.75, 3.05) is 11.1 Å². The van der Waals surface area contributed by atoms with Gasteiger partial charge in [0, 0.05) is 11.6 Å². The van der Waals surface area contributed by atoms with Crippen LogP contribution in [0.15, 0.2) is 10.4 Å². The summed E-state index contributed by atoms with van der Waals surface area (Å²) in [6.07, 6.45) is -2.88. The zero-order chi connectivity index (χ0) is 17.3. The number of amides is 1. The fourth-order valence-electron chi connectivity index (χ4n) is 2.14. The van der Waals surface area contributed by atoms with Crippen LogP contribution in [0.25, 0.3) is 0 Å². The molecule has 0 aliphatic heterocycles. The van der Waals surface area contributed by atoms with E-state index < -0.39 is 17.8 Å². The van der Waals surface area contributed by atoms with Crippen LogP contribution in [0.1, 0.15) is 37.1 Å². The van der Waals surface area contributed by atoms with E-state index in [9.17, 15) is 18.0 Å². The van der Waals surface area contributed by atoms with Crippen molar-refractivity contribution >= 4 is 34.1 Å². The van der Waals surface area contributed by atoms with E-state index in [0.29, 0.717) is 10.8 Å². The molecular formula is C13H14F3N5OS2. The number of aromatic nitrogens is 4. The van der Waals surface area contributed by atoms with E-state index in [-0.39, 0.29) is 12.5 Å². The first-order valence-corrected chi connectivity index (χ1v) is 9.08. The Bertz CT molecular complexity index is 738. The number of rotatable bonds is 6. The Morgan fingerprint density at radius 3 is 2.83 bits per heavy atom. The summed E-state index contributed by atoms with van der Waals surface area (Å²) in [4.78, 5) is 12.1. The molecule has 0 unspecified atom stereocenters. The Kier molecular flexibility index (Phi) is 4.81. The molecule has 1 fully saturated rings. The molecule has 1 aliphatic carbocycles. The van der Waals surface area contributed by atoms with Gasteiger partial charge in [0.15, 0.2) is 10.0 Å². The molecule has 3 rings (SSSR count). The van der Waals surface area contributed by atoms with E-state index >= 15 is 0 Å². The molecule has 0 saturated heterocycles. The molecular weight excluding hydrogens is 363 g/mol. The number of thioether (sulfide) groups is 1. The van der Waals surface area contributed by atoms with Crippen LogP contribution in [0, 0.1) is 0 Å². The molecule has 1 saturated carbocycles. The molecule has 0 bridgehead atoms. The summed E-state index contributed by atoms with van der Waals surface area (Å²) in [5, 5.41) is 14.2. The highest BCUT2D eigenvalue weighted by Crippen LogP contribution is 2.42. The minimum absolute atomic E-state index is 0.0514. The van der Waals surface area contributed by atoms with Gasteiger partial charge in [-0.25, -0.2) is 0 Å². The van der Waals surface area contributed by atoms with Crippen molar-refractivity contribution in [2.45, 2.75) is 42.7 Å². The number of hydrogen-bond donors (Lipinski definition) is 1. The van der Waals surface area contributed by atoms with Crippen LogP contribution in [-0.2, 0) is 17.5 Å².